The van der Waals surface area contributed by atoms with Crippen LogP contribution in [0.1, 0.15) is 19.4 Å². The molecular weight excluding hydrogens is 316 g/mol. The topological polar surface area (TPSA) is 77.5 Å². The number of methoxy groups -OCH3 is 2. The highest BCUT2D eigenvalue weighted by Gasteiger charge is 2.30. The molecule has 23 heavy (non-hydrogen) atoms. The number of hydrogen-bond donors (Lipinski definition) is 1. The Balaban J connectivity index is 2.43. The third-order valence-corrected chi connectivity index (χ3v) is 5.11. The lowest BCUT2D eigenvalue weighted by molar-refractivity contribution is 0.390. The van der Waals surface area contributed by atoms with Crippen LogP contribution in [0.5, 0.6) is 11.5 Å². The van der Waals surface area contributed by atoms with E-state index in [9.17, 15) is 8.42 Å². The number of hydrogen-bond acceptors (Lipinski definition) is 5. The molecule has 0 saturated heterocycles. The van der Waals surface area contributed by atoms with Crippen molar-refractivity contribution < 1.29 is 17.9 Å². The monoisotopic (exact) mass is 336 g/mol. The first-order valence-corrected chi connectivity index (χ1v) is 8.45. The van der Waals surface area contributed by atoms with E-state index >= 15 is 0 Å². The molecule has 6 nitrogen and oxygen atoms in total. The van der Waals surface area contributed by atoms with Crippen LogP contribution in [-0.2, 0) is 15.6 Å². The van der Waals surface area contributed by atoms with E-state index in [0.717, 1.165) is 5.56 Å². The van der Waals surface area contributed by atoms with E-state index in [2.05, 4.69) is 9.71 Å². The Morgan fingerprint density at radius 3 is 2.43 bits per heavy atom. The summed E-state index contributed by atoms with van der Waals surface area (Å²) in [7, 11) is -0.923. The van der Waals surface area contributed by atoms with Gasteiger partial charge in [0, 0.05) is 18.5 Å². The number of nitrogens with zero attached hydrogens (tertiary/aromatic N) is 1. The van der Waals surface area contributed by atoms with E-state index in [1.165, 1.54) is 20.3 Å². The summed E-state index contributed by atoms with van der Waals surface area (Å²) in [6.45, 7) is 3.54. The quantitative estimate of drug-likeness (QED) is 0.876. The van der Waals surface area contributed by atoms with E-state index in [0.29, 0.717) is 5.75 Å². The molecule has 0 aliphatic heterocycles. The lowest BCUT2D eigenvalue weighted by atomic mass is 9.98. The van der Waals surface area contributed by atoms with Crippen LogP contribution in [0.25, 0.3) is 0 Å². The van der Waals surface area contributed by atoms with Crippen LogP contribution in [0.3, 0.4) is 0 Å². The van der Waals surface area contributed by atoms with Crippen molar-refractivity contribution in [1.82, 2.24) is 9.71 Å². The zero-order valence-corrected chi connectivity index (χ0v) is 14.3. The molecular formula is C16H20N2O4S. The zero-order chi connectivity index (χ0) is 17.1. The number of aromatic nitrogens is 1. The van der Waals surface area contributed by atoms with Crippen molar-refractivity contribution in [2.75, 3.05) is 14.2 Å². The van der Waals surface area contributed by atoms with Gasteiger partial charge in [0.1, 0.15) is 16.4 Å². The molecule has 2 rings (SSSR count). The Hall–Kier alpha value is -2.12. The van der Waals surface area contributed by atoms with Gasteiger partial charge in [-0.05, 0) is 37.6 Å². The summed E-state index contributed by atoms with van der Waals surface area (Å²) in [5, 5.41) is 0. The zero-order valence-electron chi connectivity index (χ0n) is 13.5. The normalized spacial score (nSPS) is 12.0. The van der Waals surface area contributed by atoms with Crippen LogP contribution < -0.4 is 14.2 Å². The lowest BCUT2D eigenvalue weighted by Gasteiger charge is -2.26. The third-order valence-electron chi connectivity index (χ3n) is 3.43. The van der Waals surface area contributed by atoms with E-state index in [4.69, 9.17) is 9.47 Å². The molecule has 7 heteroatoms. The molecule has 1 N–H and O–H groups in total. The molecule has 1 aromatic carbocycles. The van der Waals surface area contributed by atoms with Gasteiger partial charge in [0.2, 0.25) is 10.0 Å². The third kappa shape index (κ3) is 3.80. The summed E-state index contributed by atoms with van der Waals surface area (Å²) >= 11 is 0. The summed E-state index contributed by atoms with van der Waals surface area (Å²) in [5.74, 6) is 0.686. The summed E-state index contributed by atoms with van der Waals surface area (Å²) in [6.07, 6.45) is 3.27. The first kappa shape index (κ1) is 17.2. The van der Waals surface area contributed by atoms with Crippen molar-refractivity contribution in [2.45, 2.75) is 24.3 Å². The molecule has 0 amide bonds. The number of benzene rings is 1. The number of sulfonamides is 1. The van der Waals surface area contributed by atoms with Crippen molar-refractivity contribution in [3.63, 3.8) is 0 Å². The SMILES string of the molecule is COc1ccc(OC)c(S(=O)(=O)NC(C)(C)c2cccnc2)c1. The van der Waals surface area contributed by atoms with Gasteiger partial charge < -0.3 is 9.47 Å². The fourth-order valence-corrected chi connectivity index (χ4v) is 3.76. The average molecular weight is 336 g/mol. The predicted molar refractivity (Wildman–Crippen MR) is 87.1 cm³/mol. The molecule has 124 valence electrons. The van der Waals surface area contributed by atoms with E-state index in [1.54, 1.807) is 44.4 Å². The molecule has 0 spiro atoms. The maximum absolute atomic E-state index is 12.8. The second-order valence-electron chi connectivity index (χ2n) is 5.49. The Bertz CT molecular complexity index is 774. The molecule has 0 saturated carbocycles. The fraction of sp³-hybridized carbons (Fsp3) is 0.312. The molecule has 0 atom stereocenters. The largest absolute Gasteiger partial charge is 0.497 e. The van der Waals surface area contributed by atoms with Crippen LogP contribution in [0, 0.1) is 0 Å². The van der Waals surface area contributed by atoms with Gasteiger partial charge in [-0.25, -0.2) is 13.1 Å². The van der Waals surface area contributed by atoms with Crippen molar-refractivity contribution in [2.24, 2.45) is 0 Å². The predicted octanol–water partition coefficient (Wildman–Crippen LogP) is 2.31. The van der Waals surface area contributed by atoms with Gasteiger partial charge in [0.15, 0.2) is 0 Å². The van der Waals surface area contributed by atoms with Gasteiger partial charge in [-0.1, -0.05) is 6.07 Å². The smallest absolute Gasteiger partial charge is 0.245 e. The molecule has 0 aliphatic rings. The highest BCUT2D eigenvalue weighted by molar-refractivity contribution is 7.89. The van der Waals surface area contributed by atoms with Crippen molar-refractivity contribution in [3.05, 3.63) is 48.3 Å². The fourth-order valence-electron chi connectivity index (χ4n) is 2.18. The Morgan fingerprint density at radius 2 is 1.87 bits per heavy atom. The van der Waals surface area contributed by atoms with Crippen LogP contribution in [0.4, 0.5) is 0 Å². The molecule has 1 heterocycles. The maximum atomic E-state index is 12.8. The highest BCUT2D eigenvalue weighted by Crippen LogP contribution is 2.30. The summed E-state index contributed by atoms with van der Waals surface area (Å²) in [4.78, 5) is 4.06. The number of ether oxygens (including phenoxy) is 2. The minimum absolute atomic E-state index is 0.0244. The van der Waals surface area contributed by atoms with Gasteiger partial charge in [0.05, 0.1) is 19.8 Å². The van der Waals surface area contributed by atoms with E-state index in [1.807, 2.05) is 6.07 Å². The standard InChI is InChI=1S/C16H20N2O4S/c1-16(2,12-6-5-9-17-11-12)18-23(19,20)15-10-13(21-3)7-8-14(15)22-4/h5-11,18H,1-4H3. The lowest BCUT2D eigenvalue weighted by Crippen LogP contribution is -2.41. The van der Waals surface area contributed by atoms with Crippen molar-refractivity contribution in [1.29, 1.82) is 0 Å². The summed E-state index contributed by atoms with van der Waals surface area (Å²) < 4.78 is 38.6. The first-order valence-electron chi connectivity index (χ1n) is 6.96. The van der Waals surface area contributed by atoms with Crippen LogP contribution in [-0.4, -0.2) is 27.6 Å². The summed E-state index contributed by atoms with van der Waals surface area (Å²) in [5.41, 5.74) is -0.0771. The molecule has 1 aromatic heterocycles. The molecule has 0 fully saturated rings. The maximum Gasteiger partial charge on any atom is 0.245 e. The van der Waals surface area contributed by atoms with Crippen LogP contribution in [0.15, 0.2) is 47.6 Å². The van der Waals surface area contributed by atoms with E-state index in [-0.39, 0.29) is 10.6 Å². The number of nitrogens with one attached hydrogen (secondary N) is 1. The molecule has 2 aromatic rings. The molecule has 0 unspecified atom stereocenters. The van der Waals surface area contributed by atoms with Gasteiger partial charge >= 0.3 is 0 Å². The minimum Gasteiger partial charge on any atom is -0.497 e. The second kappa shape index (κ2) is 6.55. The minimum atomic E-state index is -3.82. The van der Waals surface area contributed by atoms with Crippen molar-refractivity contribution >= 4 is 10.0 Å². The average Bonchev–Trinajstić information content (AvgIpc) is 2.54. The second-order valence-corrected chi connectivity index (χ2v) is 7.14. The van der Waals surface area contributed by atoms with Gasteiger partial charge in [0.25, 0.3) is 0 Å². The van der Waals surface area contributed by atoms with E-state index < -0.39 is 15.6 Å². The molecule has 0 bridgehead atoms. The molecule has 0 aliphatic carbocycles. The first-order chi connectivity index (χ1) is 10.8. The van der Waals surface area contributed by atoms with Gasteiger partial charge in [-0.3, -0.25) is 4.98 Å². The Morgan fingerprint density at radius 1 is 1.13 bits per heavy atom. The summed E-state index contributed by atoms with van der Waals surface area (Å²) in [6, 6.07) is 8.21. The Labute approximate surface area is 136 Å². The Kier molecular flexibility index (Phi) is 4.91. The highest BCUT2D eigenvalue weighted by atomic mass is 32.2. The van der Waals surface area contributed by atoms with Crippen LogP contribution in [0.2, 0.25) is 0 Å². The van der Waals surface area contributed by atoms with Gasteiger partial charge in [-0.2, -0.15) is 0 Å². The van der Waals surface area contributed by atoms with Crippen LogP contribution >= 0.6 is 0 Å². The van der Waals surface area contributed by atoms with Crippen molar-refractivity contribution in [3.8, 4) is 11.5 Å². The molecule has 0 radical (unpaired) electrons. The van der Waals surface area contributed by atoms with Gasteiger partial charge in [-0.15, -0.1) is 0 Å². The number of pyridine rings is 1. The number of rotatable bonds is 6.